The molecule has 0 saturated heterocycles. The minimum Gasteiger partial charge on any atom is -0.392 e. The normalized spacial score (nSPS) is 17.0. The van der Waals surface area contributed by atoms with Gasteiger partial charge in [-0.05, 0) is 11.6 Å². The molecule has 4 rings (SSSR count). The first-order valence-corrected chi connectivity index (χ1v) is 8.12. The molecule has 0 fully saturated rings. The van der Waals surface area contributed by atoms with Gasteiger partial charge in [-0.1, -0.05) is 41.6 Å². The van der Waals surface area contributed by atoms with Crippen molar-refractivity contribution in [3.05, 3.63) is 72.2 Å². The van der Waals surface area contributed by atoms with Crippen LogP contribution in [0.1, 0.15) is 17.5 Å². The van der Waals surface area contributed by atoms with E-state index in [2.05, 4.69) is 22.3 Å². The van der Waals surface area contributed by atoms with Gasteiger partial charge in [-0.2, -0.15) is 0 Å². The van der Waals surface area contributed by atoms with Crippen molar-refractivity contribution in [1.82, 2.24) is 9.38 Å². The smallest absolute Gasteiger partial charge is 0.142 e. The summed E-state index contributed by atoms with van der Waals surface area (Å²) in [5.74, 6) is 0. The van der Waals surface area contributed by atoms with Crippen LogP contribution in [0.15, 0.2) is 66.2 Å². The molecular formula is C19H19N3O2. The van der Waals surface area contributed by atoms with E-state index in [1.54, 1.807) is 6.20 Å². The Morgan fingerprint density at radius 2 is 2.00 bits per heavy atom. The summed E-state index contributed by atoms with van der Waals surface area (Å²) in [5, 5.41) is 4.17. The topological polar surface area (TPSA) is 48.1 Å². The number of hydrogen-bond acceptors (Lipinski definition) is 4. The third-order valence-electron chi connectivity index (χ3n) is 4.13. The summed E-state index contributed by atoms with van der Waals surface area (Å²) in [7, 11) is 0. The fraction of sp³-hybridized carbons (Fsp3) is 0.263. The Morgan fingerprint density at radius 1 is 1.08 bits per heavy atom. The van der Waals surface area contributed by atoms with Crippen LogP contribution in [-0.4, -0.2) is 27.8 Å². The highest BCUT2D eigenvalue weighted by Gasteiger charge is 2.21. The molecule has 24 heavy (non-hydrogen) atoms. The molecule has 122 valence electrons. The van der Waals surface area contributed by atoms with Gasteiger partial charge in [-0.3, -0.25) is 0 Å². The van der Waals surface area contributed by atoms with Crippen molar-refractivity contribution in [1.29, 1.82) is 0 Å². The Labute approximate surface area is 140 Å². The predicted molar refractivity (Wildman–Crippen MR) is 91.9 cm³/mol. The molecule has 0 saturated carbocycles. The molecule has 0 bridgehead atoms. The number of benzene rings is 1. The van der Waals surface area contributed by atoms with Gasteiger partial charge in [-0.25, -0.2) is 4.98 Å². The molecule has 1 unspecified atom stereocenters. The van der Waals surface area contributed by atoms with Crippen LogP contribution in [0.4, 0.5) is 0 Å². The molecular weight excluding hydrogens is 302 g/mol. The SMILES string of the molecule is c1ccc(CC2CC(COCc3cccn4ccnc34)=NO2)cc1. The van der Waals surface area contributed by atoms with E-state index < -0.39 is 0 Å². The van der Waals surface area contributed by atoms with E-state index in [-0.39, 0.29) is 6.10 Å². The number of nitrogens with zero attached hydrogens (tertiary/aromatic N) is 3. The van der Waals surface area contributed by atoms with E-state index in [1.807, 2.05) is 47.1 Å². The van der Waals surface area contributed by atoms with Crippen LogP contribution in [0.5, 0.6) is 0 Å². The molecule has 0 aliphatic carbocycles. The predicted octanol–water partition coefficient (Wildman–Crippen LogP) is 3.24. The first-order chi connectivity index (χ1) is 11.9. The maximum absolute atomic E-state index is 5.82. The molecule has 1 aliphatic rings. The first kappa shape index (κ1) is 14.9. The van der Waals surface area contributed by atoms with Crippen molar-refractivity contribution < 1.29 is 9.57 Å². The number of hydrogen-bond donors (Lipinski definition) is 0. The number of oxime groups is 1. The molecule has 0 N–H and O–H groups in total. The Kier molecular flexibility index (Phi) is 4.25. The number of ether oxygens (including phenoxy) is 1. The summed E-state index contributed by atoms with van der Waals surface area (Å²) < 4.78 is 7.81. The molecule has 5 nitrogen and oxygen atoms in total. The van der Waals surface area contributed by atoms with Gasteiger partial charge in [0.15, 0.2) is 0 Å². The number of pyridine rings is 1. The van der Waals surface area contributed by atoms with Crippen molar-refractivity contribution in [2.24, 2.45) is 5.16 Å². The van der Waals surface area contributed by atoms with Gasteiger partial charge in [0, 0.05) is 37.0 Å². The molecule has 3 heterocycles. The van der Waals surface area contributed by atoms with Gasteiger partial charge in [0.05, 0.1) is 18.9 Å². The van der Waals surface area contributed by atoms with Crippen molar-refractivity contribution in [2.75, 3.05) is 6.61 Å². The molecule has 3 aromatic rings. The quantitative estimate of drug-likeness (QED) is 0.700. The van der Waals surface area contributed by atoms with E-state index in [0.717, 1.165) is 29.8 Å². The lowest BCUT2D eigenvalue weighted by Gasteiger charge is -2.08. The average Bonchev–Trinajstić information content (AvgIpc) is 3.25. The monoisotopic (exact) mass is 321 g/mol. The lowest BCUT2D eigenvalue weighted by molar-refractivity contribution is 0.0857. The summed E-state index contributed by atoms with van der Waals surface area (Å²) in [5.41, 5.74) is 4.24. The van der Waals surface area contributed by atoms with Gasteiger partial charge in [-0.15, -0.1) is 0 Å². The number of rotatable bonds is 6. The molecule has 0 radical (unpaired) electrons. The fourth-order valence-corrected chi connectivity index (χ4v) is 2.96. The molecule has 1 atom stereocenters. The summed E-state index contributed by atoms with van der Waals surface area (Å²) in [6, 6.07) is 14.4. The standard InChI is InChI=1S/C19H19N3O2/c1-2-5-15(6-3-1)11-18-12-17(21-24-18)14-23-13-16-7-4-9-22-10-8-20-19(16)22/h1-10,18H,11-14H2. The maximum atomic E-state index is 5.82. The van der Waals surface area contributed by atoms with E-state index in [0.29, 0.717) is 13.2 Å². The highest BCUT2D eigenvalue weighted by atomic mass is 16.6. The van der Waals surface area contributed by atoms with E-state index in [4.69, 9.17) is 9.57 Å². The summed E-state index contributed by atoms with van der Waals surface area (Å²) in [4.78, 5) is 9.88. The van der Waals surface area contributed by atoms with Crippen LogP contribution in [0.2, 0.25) is 0 Å². The van der Waals surface area contributed by atoms with E-state index in [9.17, 15) is 0 Å². The zero-order chi connectivity index (χ0) is 16.2. The van der Waals surface area contributed by atoms with Crippen LogP contribution in [0.3, 0.4) is 0 Å². The Bertz CT molecular complexity index is 842. The molecule has 5 heteroatoms. The van der Waals surface area contributed by atoms with Crippen LogP contribution >= 0.6 is 0 Å². The van der Waals surface area contributed by atoms with Gasteiger partial charge < -0.3 is 14.0 Å². The second kappa shape index (κ2) is 6.84. The summed E-state index contributed by atoms with van der Waals surface area (Å²) >= 11 is 0. The molecule has 2 aromatic heterocycles. The van der Waals surface area contributed by atoms with Crippen molar-refractivity contribution in [3.63, 3.8) is 0 Å². The number of aromatic nitrogens is 2. The lowest BCUT2D eigenvalue weighted by atomic mass is 10.0. The number of fused-ring (bicyclic) bond motifs is 1. The molecule has 0 amide bonds. The lowest BCUT2D eigenvalue weighted by Crippen LogP contribution is -2.14. The Balaban J connectivity index is 1.27. The highest BCUT2D eigenvalue weighted by Crippen LogP contribution is 2.17. The first-order valence-electron chi connectivity index (χ1n) is 8.12. The molecule has 0 spiro atoms. The van der Waals surface area contributed by atoms with Crippen LogP contribution < -0.4 is 0 Å². The average molecular weight is 321 g/mol. The zero-order valence-corrected chi connectivity index (χ0v) is 13.3. The van der Waals surface area contributed by atoms with Gasteiger partial charge >= 0.3 is 0 Å². The Hall–Kier alpha value is -2.66. The van der Waals surface area contributed by atoms with E-state index in [1.165, 1.54) is 5.56 Å². The third kappa shape index (κ3) is 3.31. The van der Waals surface area contributed by atoms with E-state index >= 15 is 0 Å². The van der Waals surface area contributed by atoms with Crippen LogP contribution in [0, 0.1) is 0 Å². The zero-order valence-electron chi connectivity index (χ0n) is 13.3. The highest BCUT2D eigenvalue weighted by molar-refractivity contribution is 5.86. The number of imidazole rings is 1. The minimum atomic E-state index is 0.113. The van der Waals surface area contributed by atoms with Crippen molar-refractivity contribution >= 4 is 11.4 Å². The van der Waals surface area contributed by atoms with Crippen molar-refractivity contribution in [2.45, 2.75) is 25.6 Å². The van der Waals surface area contributed by atoms with Crippen molar-refractivity contribution in [3.8, 4) is 0 Å². The fourth-order valence-electron chi connectivity index (χ4n) is 2.96. The Morgan fingerprint density at radius 3 is 2.92 bits per heavy atom. The van der Waals surface area contributed by atoms with Gasteiger partial charge in [0.2, 0.25) is 0 Å². The van der Waals surface area contributed by atoms with Crippen LogP contribution in [0.25, 0.3) is 5.65 Å². The van der Waals surface area contributed by atoms with Gasteiger partial charge in [0.25, 0.3) is 0 Å². The van der Waals surface area contributed by atoms with Crippen LogP contribution in [-0.2, 0) is 22.6 Å². The molecule has 1 aromatic carbocycles. The molecule has 1 aliphatic heterocycles. The summed E-state index contributed by atoms with van der Waals surface area (Å²) in [6.45, 7) is 1.01. The second-order valence-corrected chi connectivity index (χ2v) is 5.96. The second-order valence-electron chi connectivity index (χ2n) is 5.96. The third-order valence-corrected chi connectivity index (χ3v) is 4.13. The van der Waals surface area contributed by atoms with Gasteiger partial charge in [0.1, 0.15) is 11.8 Å². The summed E-state index contributed by atoms with van der Waals surface area (Å²) in [6.07, 6.45) is 7.52. The minimum absolute atomic E-state index is 0.113. The maximum Gasteiger partial charge on any atom is 0.142 e. The largest absolute Gasteiger partial charge is 0.392 e.